The Hall–Kier alpha value is -2.31. The Bertz CT molecular complexity index is 506. The van der Waals surface area contributed by atoms with Gasteiger partial charge in [0.05, 0.1) is 12.8 Å². The summed E-state index contributed by atoms with van der Waals surface area (Å²) in [4.78, 5) is 17.0. The summed E-state index contributed by atoms with van der Waals surface area (Å²) in [5, 5.41) is 3.55. The molecule has 2 aromatic heterocycles. The number of carbonyl (C=O) groups is 1. The van der Waals surface area contributed by atoms with Crippen LogP contribution in [0.5, 0.6) is 6.08 Å². The lowest BCUT2D eigenvalue weighted by Gasteiger charge is -2.14. The van der Waals surface area contributed by atoms with Crippen LogP contribution in [-0.4, -0.2) is 34.6 Å². The molecule has 0 aliphatic rings. The zero-order valence-corrected chi connectivity index (χ0v) is 10.1. The summed E-state index contributed by atoms with van der Waals surface area (Å²) in [5.74, 6) is 0.961. The third-order valence-electron chi connectivity index (χ3n) is 2.23. The molecule has 7 nitrogen and oxygen atoms in total. The van der Waals surface area contributed by atoms with Crippen LogP contribution in [0.25, 0.3) is 0 Å². The highest BCUT2D eigenvalue weighted by Gasteiger charge is 2.13. The molecule has 0 unspecified atom stereocenters. The number of furan rings is 1. The van der Waals surface area contributed by atoms with Gasteiger partial charge in [0.1, 0.15) is 5.76 Å². The molecule has 2 rings (SSSR count). The highest BCUT2D eigenvalue weighted by Crippen LogP contribution is 2.07. The van der Waals surface area contributed by atoms with Crippen LogP contribution in [0.3, 0.4) is 0 Å². The predicted molar refractivity (Wildman–Crippen MR) is 59.7 cm³/mol. The van der Waals surface area contributed by atoms with Gasteiger partial charge in [-0.1, -0.05) is 5.16 Å². The van der Waals surface area contributed by atoms with E-state index in [0.717, 1.165) is 0 Å². The standard InChI is InChI=1S/C11H13N3O4/c1-8-12-11(18-13-8)17-7-10(15)14(2)6-9-4-3-5-16-9/h3-5H,6-7H2,1-2H3. The van der Waals surface area contributed by atoms with E-state index in [9.17, 15) is 4.79 Å². The van der Waals surface area contributed by atoms with Crippen molar-refractivity contribution in [3.63, 3.8) is 0 Å². The fraction of sp³-hybridized carbons (Fsp3) is 0.364. The van der Waals surface area contributed by atoms with Crippen molar-refractivity contribution in [2.24, 2.45) is 0 Å². The van der Waals surface area contributed by atoms with Crippen LogP contribution >= 0.6 is 0 Å². The molecule has 7 heteroatoms. The van der Waals surface area contributed by atoms with Crippen LogP contribution in [0.1, 0.15) is 11.6 Å². The quantitative estimate of drug-likeness (QED) is 0.788. The van der Waals surface area contributed by atoms with Gasteiger partial charge in [0.25, 0.3) is 5.91 Å². The third kappa shape index (κ3) is 3.09. The van der Waals surface area contributed by atoms with Crippen LogP contribution in [0.15, 0.2) is 27.3 Å². The smallest absolute Gasteiger partial charge is 0.417 e. The normalized spacial score (nSPS) is 10.3. The van der Waals surface area contributed by atoms with E-state index < -0.39 is 0 Å². The molecule has 0 aliphatic heterocycles. The van der Waals surface area contributed by atoms with E-state index in [0.29, 0.717) is 18.1 Å². The van der Waals surface area contributed by atoms with Crippen molar-refractivity contribution in [2.45, 2.75) is 13.5 Å². The summed E-state index contributed by atoms with van der Waals surface area (Å²) >= 11 is 0. The molecule has 18 heavy (non-hydrogen) atoms. The number of aryl methyl sites for hydroxylation is 1. The van der Waals surface area contributed by atoms with Gasteiger partial charge in [-0.25, -0.2) is 0 Å². The zero-order chi connectivity index (χ0) is 13.0. The molecule has 0 aromatic carbocycles. The maximum absolute atomic E-state index is 11.7. The lowest BCUT2D eigenvalue weighted by Crippen LogP contribution is -2.30. The number of ether oxygens (including phenoxy) is 1. The Labute approximate surface area is 103 Å². The van der Waals surface area contributed by atoms with Gasteiger partial charge in [0, 0.05) is 7.05 Å². The van der Waals surface area contributed by atoms with Crippen LogP contribution in [0.4, 0.5) is 0 Å². The fourth-order valence-corrected chi connectivity index (χ4v) is 1.29. The minimum Gasteiger partial charge on any atom is -0.467 e. The van der Waals surface area contributed by atoms with Crippen LogP contribution in [0.2, 0.25) is 0 Å². The van der Waals surface area contributed by atoms with Crippen molar-refractivity contribution < 1.29 is 18.5 Å². The molecule has 0 spiro atoms. The van der Waals surface area contributed by atoms with Gasteiger partial charge in [-0.3, -0.25) is 9.32 Å². The Kier molecular flexibility index (Phi) is 3.61. The van der Waals surface area contributed by atoms with E-state index in [4.69, 9.17) is 13.7 Å². The van der Waals surface area contributed by atoms with Gasteiger partial charge in [-0.15, -0.1) is 0 Å². The monoisotopic (exact) mass is 251 g/mol. The first-order valence-corrected chi connectivity index (χ1v) is 5.34. The number of hydrogen-bond acceptors (Lipinski definition) is 6. The second-order valence-corrected chi connectivity index (χ2v) is 3.73. The van der Waals surface area contributed by atoms with Crippen molar-refractivity contribution >= 4 is 5.91 Å². The number of hydrogen-bond donors (Lipinski definition) is 0. The van der Waals surface area contributed by atoms with Crippen LogP contribution in [-0.2, 0) is 11.3 Å². The van der Waals surface area contributed by atoms with Crippen molar-refractivity contribution in [3.8, 4) is 6.08 Å². The molecule has 1 amide bonds. The van der Waals surface area contributed by atoms with Gasteiger partial charge in [0.15, 0.2) is 12.4 Å². The van der Waals surface area contributed by atoms with Gasteiger partial charge in [-0.05, 0) is 19.1 Å². The Morgan fingerprint density at radius 3 is 3.00 bits per heavy atom. The average molecular weight is 251 g/mol. The molecule has 0 radical (unpaired) electrons. The first-order valence-electron chi connectivity index (χ1n) is 5.34. The van der Waals surface area contributed by atoms with E-state index in [-0.39, 0.29) is 18.6 Å². The Morgan fingerprint density at radius 1 is 1.56 bits per heavy atom. The molecule has 0 fully saturated rings. The molecule has 0 saturated heterocycles. The van der Waals surface area contributed by atoms with Gasteiger partial charge in [-0.2, -0.15) is 4.98 Å². The van der Waals surface area contributed by atoms with Crippen molar-refractivity contribution in [2.75, 3.05) is 13.7 Å². The number of carbonyl (C=O) groups excluding carboxylic acids is 1. The van der Waals surface area contributed by atoms with E-state index in [1.54, 1.807) is 32.4 Å². The van der Waals surface area contributed by atoms with Crippen LogP contribution in [0, 0.1) is 6.92 Å². The summed E-state index contributed by atoms with van der Waals surface area (Å²) in [6.45, 7) is 1.90. The minimum absolute atomic E-state index is 0.00718. The molecule has 0 aliphatic carbocycles. The molecule has 0 bridgehead atoms. The topological polar surface area (TPSA) is 81.6 Å². The molecule has 96 valence electrons. The Balaban J connectivity index is 1.80. The predicted octanol–water partition coefficient (Wildman–Crippen LogP) is 1.01. The van der Waals surface area contributed by atoms with E-state index >= 15 is 0 Å². The van der Waals surface area contributed by atoms with Crippen LogP contribution < -0.4 is 4.74 Å². The van der Waals surface area contributed by atoms with Gasteiger partial charge >= 0.3 is 6.08 Å². The fourth-order valence-electron chi connectivity index (χ4n) is 1.29. The van der Waals surface area contributed by atoms with Crippen molar-refractivity contribution in [1.82, 2.24) is 15.0 Å². The number of nitrogens with zero attached hydrogens (tertiary/aromatic N) is 3. The van der Waals surface area contributed by atoms with Crippen molar-refractivity contribution in [1.29, 1.82) is 0 Å². The minimum atomic E-state index is -0.206. The first kappa shape index (κ1) is 12.2. The Morgan fingerprint density at radius 2 is 2.39 bits per heavy atom. The van der Waals surface area contributed by atoms with Crippen molar-refractivity contribution in [3.05, 3.63) is 30.0 Å². The maximum Gasteiger partial charge on any atom is 0.417 e. The molecular weight excluding hydrogens is 238 g/mol. The van der Waals surface area contributed by atoms with E-state index in [1.807, 2.05) is 0 Å². The summed E-state index contributed by atoms with van der Waals surface area (Å²) in [5.41, 5.74) is 0. The molecule has 2 heterocycles. The third-order valence-corrected chi connectivity index (χ3v) is 2.23. The molecule has 0 saturated carbocycles. The lowest BCUT2D eigenvalue weighted by atomic mass is 10.4. The van der Waals surface area contributed by atoms with Gasteiger partial charge < -0.3 is 14.1 Å². The number of rotatable bonds is 5. The van der Waals surface area contributed by atoms with E-state index in [1.165, 1.54) is 4.90 Å². The number of likely N-dealkylation sites (N-methyl/N-ethyl adjacent to an activating group) is 1. The second kappa shape index (κ2) is 5.35. The SMILES string of the molecule is Cc1noc(OCC(=O)N(C)Cc2ccco2)n1. The molecule has 0 atom stereocenters. The summed E-state index contributed by atoms with van der Waals surface area (Å²) < 4.78 is 14.9. The summed E-state index contributed by atoms with van der Waals surface area (Å²) in [6.07, 6.45) is 1.55. The number of amides is 1. The average Bonchev–Trinajstić information content (AvgIpc) is 2.97. The highest BCUT2D eigenvalue weighted by molar-refractivity contribution is 5.77. The maximum atomic E-state index is 11.7. The lowest BCUT2D eigenvalue weighted by molar-refractivity contribution is -0.133. The van der Waals surface area contributed by atoms with E-state index in [2.05, 4.69) is 10.1 Å². The zero-order valence-electron chi connectivity index (χ0n) is 10.1. The number of aromatic nitrogens is 2. The summed E-state index contributed by atoms with van der Waals surface area (Å²) in [6, 6.07) is 3.57. The summed E-state index contributed by atoms with van der Waals surface area (Å²) in [7, 11) is 1.66. The molecule has 2 aromatic rings. The highest BCUT2D eigenvalue weighted by atomic mass is 16.6. The molecule has 0 N–H and O–H groups in total. The van der Waals surface area contributed by atoms with Gasteiger partial charge in [0.2, 0.25) is 0 Å². The second-order valence-electron chi connectivity index (χ2n) is 3.73. The largest absolute Gasteiger partial charge is 0.467 e. The first-order chi connectivity index (χ1) is 8.65. The molecular formula is C11H13N3O4.